The van der Waals surface area contributed by atoms with E-state index < -0.39 is 11.5 Å². The van der Waals surface area contributed by atoms with E-state index in [1.807, 2.05) is 25.7 Å². The summed E-state index contributed by atoms with van der Waals surface area (Å²) in [6.45, 7) is 9.44. The quantitative estimate of drug-likeness (QED) is 0.828. The van der Waals surface area contributed by atoms with Gasteiger partial charge in [0, 0.05) is 37.2 Å². The van der Waals surface area contributed by atoms with Crippen molar-refractivity contribution in [1.29, 1.82) is 0 Å². The van der Waals surface area contributed by atoms with Gasteiger partial charge < -0.3 is 19.9 Å². The van der Waals surface area contributed by atoms with Gasteiger partial charge >= 0.3 is 0 Å². The van der Waals surface area contributed by atoms with E-state index in [0.717, 1.165) is 0 Å². The van der Waals surface area contributed by atoms with Gasteiger partial charge in [0.25, 0.3) is 11.8 Å². The van der Waals surface area contributed by atoms with E-state index in [2.05, 4.69) is 5.32 Å². The molecular formula is C19H25N3O4. The topological polar surface area (TPSA) is 79.0 Å². The van der Waals surface area contributed by atoms with Crippen LogP contribution in [0.2, 0.25) is 0 Å². The van der Waals surface area contributed by atoms with Crippen molar-refractivity contribution in [2.45, 2.75) is 33.8 Å². The number of amides is 3. The Balaban J connectivity index is 1.67. The highest BCUT2D eigenvalue weighted by atomic mass is 16.5. The van der Waals surface area contributed by atoms with Gasteiger partial charge in [-0.1, -0.05) is 20.8 Å². The van der Waals surface area contributed by atoms with Crippen molar-refractivity contribution in [3.8, 4) is 5.75 Å². The molecule has 3 rings (SSSR count). The van der Waals surface area contributed by atoms with Gasteiger partial charge in [-0.05, 0) is 25.1 Å². The molecule has 1 fully saturated rings. The molecule has 140 valence electrons. The Morgan fingerprint density at radius 1 is 1.12 bits per heavy atom. The van der Waals surface area contributed by atoms with Crippen molar-refractivity contribution in [2.75, 3.05) is 31.5 Å². The number of nitrogens with one attached hydrogen (secondary N) is 1. The van der Waals surface area contributed by atoms with Crippen molar-refractivity contribution < 1.29 is 19.1 Å². The summed E-state index contributed by atoms with van der Waals surface area (Å²) in [6, 6.07) is 5.06. The van der Waals surface area contributed by atoms with Gasteiger partial charge in [0.15, 0.2) is 6.10 Å². The number of nitrogens with zero attached hydrogens (tertiary/aromatic N) is 2. The smallest absolute Gasteiger partial charge is 0.265 e. The summed E-state index contributed by atoms with van der Waals surface area (Å²) in [6.07, 6.45) is -0.544. The Hall–Kier alpha value is -2.57. The average molecular weight is 359 g/mol. The SMILES string of the molecule is CC1Oc2ccc(C(=O)N3CCN(C(=O)C(C)(C)C)CC3)cc2NC1=O. The first-order valence-corrected chi connectivity index (χ1v) is 8.87. The molecule has 2 heterocycles. The molecule has 2 aliphatic heterocycles. The molecule has 1 aromatic rings. The molecular weight excluding hydrogens is 334 g/mol. The average Bonchev–Trinajstić information content (AvgIpc) is 2.60. The third-order valence-corrected chi connectivity index (χ3v) is 4.65. The zero-order chi connectivity index (χ0) is 19.1. The van der Waals surface area contributed by atoms with Crippen LogP contribution in [0.25, 0.3) is 0 Å². The number of benzene rings is 1. The highest BCUT2D eigenvalue weighted by Crippen LogP contribution is 2.31. The van der Waals surface area contributed by atoms with Crippen LogP contribution in [0.4, 0.5) is 5.69 Å². The summed E-state index contributed by atoms with van der Waals surface area (Å²) in [5, 5.41) is 2.76. The molecule has 1 atom stereocenters. The second kappa shape index (κ2) is 6.63. The number of hydrogen-bond acceptors (Lipinski definition) is 4. The van der Waals surface area contributed by atoms with E-state index in [0.29, 0.717) is 43.2 Å². The van der Waals surface area contributed by atoms with Crippen LogP contribution in [-0.2, 0) is 9.59 Å². The minimum atomic E-state index is -0.544. The third kappa shape index (κ3) is 3.52. The second-order valence-corrected chi connectivity index (χ2v) is 7.79. The maximum atomic E-state index is 12.8. The highest BCUT2D eigenvalue weighted by molar-refractivity contribution is 6.01. The van der Waals surface area contributed by atoms with E-state index in [1.54, 1.807) is 30.0 Å². The third-order valence-electron chi connectivity index (χ3n) is 4.65. The van der Waals surface area contributed by atoms with Gasteiger partial charge in [-0.25, -0.2) is 0 Å². The van der Waals surface area contributed by atoms with Crippen LogP contribution >= 0.6 is 0 Å². The van der Waals surface area contributed by atoms with Crippen LogP contribution in [0.1, 0.15) is 38.1 Å². The molecule has 0 bridgehead atoms. The summed E-state index contributed by atoms with van der Waals surface area (Å²) in [5.74, 6) is 0.335. The van der Waals surface area contributed by atoms with Crippen LogP contribution in [0, 0.1) is 5.41 Å². The molecule has 2 aliphatic rings. The zero-order valence-corrected chi connectivity index (χ0v) is 15.7. The maximum Gasteiger partial charge on any atom is 0.265 e. The molecule has 26 heavy (non-hydrogen) atoms. The molecule has 1 saturated heterocycles. The lowest BCUT2D eigenvalue weighted by molar-refractivity contribution is -0.140. The lowest BCUT2D eigenvalue weighted by Crippen LogP contribution is -2.53. The Kier molecular flexibility index (Phi) is 4.64. The van der Waals surface area contributed by atoms with Gasteiger partial charge in [0.1, 0.15) is 5.75 Å². The molecule has 7 nitrogen and oxygen atoms in total. The van der Waals surface area contributed by atoms with Gasteiger partial charge in [-0.15, -0.1) is 0 Å². The molecule has 0 aliphatic carbocycles. The van der Waals surface area contributed by atoms with Crippen LogP contribution in [0.15, 0.2) is 18.2 Å². The van der Waals surface area contributed by atoms with Crippen LogP contribution in [0.3, 0.4) is 0 Å². The minimum Gasteiger partial charge on any atom is -0.479 e. The Labute approximate surface area is 153 Å². The number of fused-ring (bicyclic) bond motifs is 1. The number of carbonyl (C=O) groups excluding carboxylic acids is 3. The molecule has 0 aromatic heterocycles. The molecule has 3 amide bonds. The lowest BCUT2D eigenvalue weighted by Gasteiger charge is -2.37. The molecule has 0 saturated carbocycles. The van der Waals surface area contributed by atoms with Crippen LogP contribution in [-0.4, -0.2) is 59.8 Å². The second-order valence-electron chi connectivity index (χ2n) is 7.79. The van der Waals surface area contributed by atoms with Crippen LogP contribution in [0.5, 0.6) is 5.75 Å². The van der Waals surface area contributed by atoms with Crippen molar-refractivity contribution >= 4 is 23.4 Å². The fraction of sp³-hybridized carbons (Fsp3) is 0.526. The van der Waals surface area contributed by atoms with E-state index in [1.165, 1.54) is 0 Å². The summed E-state index contributed by atoms with van der Waals surface area (Å²) >= 11 is 0. The highest BCUT2D eigenvalue weighted by Gasteiger charge is 2.31. The number of carbonyl (C=O) groups is 3. The Morgan fingerprint density at radius 2 is 1.73 bits per heavy atom. The molecule has 1 N–H and O–H groups in total. The minimum absolute atomic E-state index is 0.104. The zero-order valence-electron chi connectivity index (χ0n) is 15.7. The Morgan fingerprint density at radius 3 is 2.35 bits per heavy atom. The fourth-order valence-electron chi connectivity index (χ4n) is 3.11. The van der Waals surface area contributed by atoms with Crippen LogP contribution < -0.4 is 10.1 Å². The maximum absolute atomic E-state index is 12.8. The van der Waals surface area contributed by atoms with E-state index in [4.69, 9.17) is 4.74 Å². The number of ether oxygens (including phenoxy) is 1. The largest absolute Gasteiger partial charge is 0.479 e. The van der Waals surface area contributed by atoms with E-state index >= 15 is 0 Å². The number of rotatable bonds is 1. The Bertz CT molecular complexity index is 746. The van der Waals surface area contributed by atoms with E-state index in [9.17, 15) is 14.4 Å². The number of anilines is 1. The molecule has 1 unspecified atom stereocenters. The van der Waals surface area contributed by atoms with Gasteiger partial charge in [-0.3, -0.25) is 14.4 Å². The van der Waals surface area contributed by atoms with Gasteiger partial charge in [0.2, 0.25) is 5.91 Å². The first-order chi connectivity index (χ1) is 12.2. The number of piperazine rings is 1. The standard InChI is InChI=1S/C19H25N3O4/c1-12-16(23)20-14-11-13(5-6-15(14)26-12)17(24)21-7-9-22(10-8-21)18(25)19(2,3)4/h5-6,11-12H,7-10H2,1-4H3,(H,20,23). The van der Waals surface area contributed by atoms with E-state index in [-0.39, 0.29) is 17.7 Å². The van der Waals surface area contributed by atoms with Gasteiger partial charge in [0.05, 0.1) is 5.69 Å². The van der Waals surface area contributed by atoms with Gasteiger partial charge in [-0.2, -0.15) is 0 Å². The molecule has 1 aromatic carbocycles. The summed E-state index contributed by atoms with van der Waals surface area (Å²) in [5.41, 5.74) is 0.596. The summed E-state index contributed by atoms with van der Waals surface area (Å²) < 4.78 is 5.52. The lowest BCUT2D eigenvalue weighted by atomic mass is 9.94. The molecule has 7 heteroatoms. The predicted molar refractivity (Wildman–Crippen MR) is 97.1 cm³/mol. The van der Waals surface area contributed by atoms with Crippen molar-refractivity contribution in [1.82, 2.24) is 9.80 Å². The first-order valence-electron chi connectivity index (χ1n) is 8.87. The molecule has 0 radical (unpaired) electrons. The van der Waals surface area contributed by atoms with Crippen molar-refractivity contribution in [3.05, 3.63) is 23.8 Å². The number of hydrogen-bond donors (Lipinski definition) is 1. The predicted octanol–water partition coefficient (Wildman–Crippen LogP) is 1.74. The normalized spacial score (nSPS) is 20.2. The summed E-state index contributed by atoms with van der Waals surface area (Å²) in [7, 11) is 0. The monoisotopic (exact) mass is 359 g/mol. The first kappa shape index (κ1) is 18.2. The van der Waals surface area contributed by atoms with Crippen molar-refractivity contribution in [3.63, 3.8) is 0 Å². The summed E-state index contributed by atoms with van der Waals surface area (Å²) in [4.78, 5) is 40.4. The fourth-order valence-corrected chi connectivity index (χ4v) is 3.11. The van der Waals surface area contributed by atoms with Crippen molar-refractivity contribution in [2.24, 2.45) is 5.41 Å². The molecule has 0 spiro atoms.